The topological polar surface area (TPSA) is 64.9 Å². The maximum Gasteiger partial charge on any atom is 0.268 e. The van der Waals surface area contributed by atoms with Crippen molar-refractivity contribution < 1.29 is 4.52 Å². The largest absolute Gasteiger partial charge is 0.333 e. The Morgan fingerprint density at radius 3 is 2.67 bits per heavy atom. The van der Waals surface area contributed by atoms with Crippen molar-refractivity contribution in [3.05, 3.63) is 22.3 Å². The van der Waals surface area contributed by atoms with Crippen molar-refractivity contribution in [2.24, 2.45) is 5.73 Å². The fourth-order valence-corrected chi connectivity index (χ4v) is 3.15. The zero-order valence-electron chi connectivity index (χ0n) is 9.56. The fourth-order valence-electron chi connectivity index (χ4n) is 2.18. The normalized spacial score (nSPS) is 17.7. The van der Waals surface area contributed by atoms with Crippen LogP contribution in [0.1, 0.15) is 31.5 Å². The molecule has 2 aromatic heterocycles. The number of aromatic nitrogens is 2. The lowest BCUT2D eigenvalue weighted by Crippen LogP contribution is -2.34. The maximum atomic E-state index is 6.27. The zero-order valence-corrected chi connectivity index (χ0v) is 11.9. The molecule has 1 saturated carbocycles. The van der Waals surface area contributed by atoms with Crippen LogP contribution in [0.15, 0.2) is 16.7 Å². The van der Waals surface area contributed by atoms with E-state index in [1.165, 1.54) is 11.3 Å². The van der Waals surface area contributed by atoms with Crippen LogP contribution in [0, 0.1) is 0 Å². The van der Waals surface area contributed by atoms with Gasteiger partial charge in [-0.05, 0) is 25.0 Å². The highest BCUT2D eigenvalue weighted by Crippen LogP contribution is 2.36. The number of halogens is 2. The van der Waals surface area contributed by atoms with Gasteiger partial charge in [0.1, 0.15) is 0 Å². The van der Waals surface area contributed by atoms with Gasteiger partial charge in [-0.15, -0.1) is 23.7 Å². The number of nitrogens with zero attached hydrogens (tertiary/aromatic N) is 2. The molecule has 7 heteroatoms. The number of hydrogen-bond acceptors (Lipinski definition) is 5. The molecule has 98 valence electrons. The third kappa shape index (κ3) is 2.40. The van der Waals surface area contributed by atoms with Crippen LogP contribution in [-0.2, 0) is 5.54 Å². The Bertz CT molecular complexity index is 534. The van der Waals surface area contributed by atoms with Crippen LogP contribution in [0.25, 0.3) is 10.8 Å². The minimum atomic E-state index is -0.400. The molecular formula is C11H13Cl2N3OS. The van der Waals surface area contributed by atoms with Gasteiger partial charge in [-0.3, -0.25) is 0 Å². The van der Waals surface area contributed by atoms with Crippen LogP contribution in [0.5, 0.6) is 0 Å². The van der Waals surface area contributed by atoms with E-state index >= 15 is 0 Å². The van der Waals surface area contributed by atoms with Crippen molar-refractivity contribution in [3.8, 4) is 10.8 Å². The van der Waals surface area contributed by atoms with Gasteiger partial charge in [0, 0.05) is 0 Å². The molecule has 3 rings (SSSR count). The highest BCUT2D eigenvalue weighted by Gasteiger charge is 2.36. The molecular weight excluding hydrogens is 293 g/mol. The van der Waals surface area contributed by atoms with Crippen LogP contribution in [0.3, 0.4) is 0 Å². The summed E-state index contributed by atoms with van der Waals surface area (Å²) >= 11 is 7.30. The minimum absolute atomic E-state index is 0. The van der Waals surface area contributed by atoms with Gasteiger partial charge >= 0.3 is 0 Å². The van der Waals surface area contributed by atoms with Crippen LogP contribution in [-0.4, -0.2) is 10.1 Å². The minimum Gasteiger partial charge on any atom is -0.333 e. The first-order valence-corrected chi connectivity index (χ1v) is 6.76. The van der Waals surface area contributed by atoms with Gasteiger partial charge in [-0.25, -0.2) is 0 Å². The van der Waals surface area contributed by atoms with Gasteiger partial charge in [0.15, 0.2) is 5.82 Å². The third-order valence-corrected chi connectivity index (χ3v) is 4.37. The van der Waals surface area contributed by atoms with E-state index in [0.29, 0.717) is 16.1 Å². The smallest absolute Gasteiger partial charge is 0.268 e. The zero-order chi connectivity index (χ0) is 11.9. The molecule has 1 aliphatic rings. The lowest BCUT2D eigenvalue weighted by atomic mass is 9.99. The summed E-state index contributed by atoms with van der Waals surface area (Å²) in [5, 5.41) is 4.01. The summed E-state index contributed by atoms with van der Waals surface area (Å²) in [4.78, 5) is 5.28. The summed E-state index contributed by atoms with van der Waals surface area (Å²) in [5.41, 5.74) is 5.87. The average molecular weight is 306 g/mol. The molecule has 2 heterocycles. The van der Waals surface area contributed by atoms with Crippen LogP contribution in [0.2, 0.25) is 4.34 Å². The first-order chi connectivity index (χ1) is 8.17. The summed E-state index contributed by atoms with van der Waals surface area (Å²) < 4.78 is 5.96. The fraction of sp³-hybridized carbons (Fsp3) is 0.455. The first kappa shape index (κ1) is 13.8. The molecule has 4 nitrogen and oxygen atoms in total. The molecule has 2 aromatic rings. The molecule has 0 spiro atoms. The van der Waals surface area contributed by atoms with Crippen molar-refractivity contribution in [1.82, 2.24) is 10.1 Å². The van der Waals surface area contributed by atoms with Gasteiger partial charge in [0.2, 0.25) is 0 Å². The summed E-state index contributed by atoms with van der Waals surface area (Å²) in [6.45, 7) is 0. The van der Waals surface area contributed by atoms with Gasteiger partial charge in [-0.1, -0.05) is 29.6 Å². The molecule has 0 aromatic carbocycles. The third-order valence-electron chi connectivity index (χ3n) is 3.15. The molecule has 1 fully saturated rings. The van der Waals surface area contributed by atoms with Crippen LogP contribution in [0.4, 0.5) is 0 Å². The monoisotopic (exact) mass is 305 g/mol. The van der Waals surface area contributed by atoms with E-state index in [2.05, 4.69) is 10.1 Å². The highest BCUT2D eigenvalue weighted by atomic mass is 35.5. The predicted octanol–water partition coefficient (Wildman–Crippen LogP) is 3.60. The number of thiophene rings is 1. The molecule has 0 radical (unpaired) electrons. The standard InChI is InChI=1S/C11H12ClN3OS.ClH/c12-8-4-3-7(17-8)9-14-10(15-16-9)11(13)5-1-2-6-11;/h3-4H,1-2,5-6,13H2;1H. The summed E-state index contributed by atoms with van der Waals surface area (Å²) in [5.74, 6) is 1.13. The molecule has 0 unspecified atom stereocenters. The lowest BCUT2D eigenvalue weighted by molar-refractivity contribution is 0.373. The van der Waals surface area contributed by atoms with E-state index in [-0.39, 0.29) is 12.4 Å². The number of hydrogen-bond donors (Lipinski definition) is 1. The lowest BCUT2D eigenvalue weighted by Gasteiger charge is -2.17. The SMILES string of the molecule is Cl.NC1(c2noc(-c3ccc(Cl)s3)n2)CCCC1. The van der Waals surface area contributed by atoms with Gasteiger partial charge in [0.05, 0.1) is 14.8 Å². The van der Waals surface area contributed by atoms with E-state index in [4.69, 9.17) is 21.9 Å². The molecule has 0 aliphatic heterocycles. The van der Waals surface area contributed by atoms with Crippen molar-refractivity contribution >= 4 is 35.3 Å². The van der Waals surface area contributed by atoms with Crippen LogP contribution < -0.4 is 5.73 Å². The number of rotatable bonds is 2. The predicted molar refractivity (Wildman–Crippen MR) is 74.2 cm³/mol. The van der Waals surface area contributed by atoms with Crippen molar-refractivity contribution in [2.45, 2.75) is 31.2 Å². The van der Waals surface area contributed by atoms with E-state index in [0.717, 1.165) is 30.6 Å². The molecule has 0 bridgehead atoms. The van der Waals surface area contributed by atoms with E-state index in [1.807, 2.05) is 12.1 Å². The molecule has 18 heavy (non-hydrogen) atoms. The van der Waals surface area contributed by atoms with E-state index in [1.54, 1.807) is 0 Å². The Kier molecular flexibility index (Phi) is 3.96. The maximum absolute atomic E-state index is 6.27. The second kappa shape index (κ2) is 5.17. The van der Waals surface area contributed by atoms with Crippen molar-refractivity contribution in [2.75, 3.05) is 0 Å². The van der Waals surface area contributed by atoms with Gasteiger partial charge in [-0.2, -0.15) is 4.98 Å². The van der Waals surface area contributed by atoms with E-state index in [9.17, 15) is 0 Å². The Labute approximate surface area is 120 Å². The summed E-state index contributed by atoms with van der Waals surface area (Å²) in [6.07, 6.45) is 4.12. The number of nitrogens with two attached hydrogens (primary N) is 1. The highest BCUT2D eigenvalue weighted by molar-refractivity contribution is 7.19. The van der Waals surface area contributed by atoms with Crippen molar-refractivity contribution in [1.29, 1.82) is 0 Å². The Morgan fingerprint density at radius 2 is 2.06 bits per heavy atom. The summed E-state index contributed by atoms with van der Waals surface area (Å²) in [7, 11) is 0. The Morgan fingerprint density at radius 1 is 1.33 bits per heavy atom. The second-order valence-electron chi connectivity index (χ2n) is 4.39. The van der Waals surface area contributed by atoms with Crippen molar-refractivity contribution in [3.63, 3.8) is 0 Å². The first-order valence-electron chi connectivity index (χ1n) is 5.56. The quantitative estimate of drug-likeness (QED) is 0.920. The average Bonchev–Trinajstić information content (AvgIpc) is 2.96. The summed E-state index contributed by atoms with van der Waals surface area (Å²) in [6, 6.07) is 3.70. The molecule has 2 N–H and O–H groups in total. The second-order valence-corrected chi connectivity index (χ2v) is 6.11. The van der Waals surface area contributed by atoms with Gasteiger partial charge < -0.3 is 10.3 Å². The Hall–Kier alpha value is -0.620. The van der Waals surface area contributed by atoms with Crippen LogP contribution >= 0.6 is 35.3 Å². The van der Waals surface area contributed by atoms with E-state index < -0.39 is 5.54 Å². The van der Waals surface area contributed by atoms with Gasteiger partial charge in [0.25, 0.3) is 5.89 Å². The molecule has 0 saturated heterocycles. The molecule has 0 amide bonds. The molecule has 0 atom stereocenters. The molecule has 1 aliphatic carbocycles. The Balaban J connectivity index is 0.00000120.